The summed E-state index contributed by atoms with van der Waals surface area (Å²) in [5.41, 5.74) is 9.52. The molecular weight excluding hydrogens is 352 g/mol. The molecule has 0 saturated heterocycles. The Labute approximate surface area is 154 Å². The van der Waals surface area contributed by atoms with E-state index in [9.17, 15) is 4.79 Å². The van der Waals surface area contributed by atoms with Crippen LogP contribution in [0.2, 0.25) is 0 Å². The number of rotatable bonds is 7. The molecule has 0 aliphatic rings. The number of nitrogens with two attached hydrogens (primary N) is 1. The largest absolute Gasteiger partial charge is 0.496 e. The number of nitrogens with one attached hydrogen (secondary N) is 1. The first-order valence-corrected chi connectivity index (χ1v) is 8.15. The normalized spacial score (nSPS) is 11.0. The van der Waals surface area contributed by atoms with Crippen molar-refractivity contribution < 1.29 is 14.2 Å². The molecule has 2 heterocycles. The number of aromatic nitrogens is 5. The molecule has 11 heteroatoms. The summed E-state index contributed by atoms with van der Waals surface area (Å²) in [6.07, 6.45) is 2.77. The average molecular weight is 370 g/mol. The molecule has 0 spiro atoms. The van der Waals surface area contributed by atoms with Gasteiger partial charge in [0.15, 0.2) is 5.69 Å². The third-order valence-corrected chi connectivity index (χ3v) is 3.67. The summed E-state index contributed by atoms with van der Waals surface area (Å²) in [6, 6.07) is 7.29. The van der Waals surface area contributed by atoms with E-state index < -0.39 is 5.91 Å². The second-order valence-electron chi connectivity index (χ2n) is 5.46. The smallest absolute Gasteiger partial charge is 0.293 e. The van der Waals surface area contributed by atoms with Crippen LogP contribution in [0.3, 0.4) is 0 Å². The summed E-state index contributed by atoms with van der Waals surface area (Å²) in [6.45, 7) is 1.96. The SMILES string of the molecule is CCCc1c(C(=O)NN=Cc2ccccc2OC)nnn1-c1nonc1N. The molecule has 0 bridgehead atoms. The van der Waals surface area contributed by atoms with E-state index in [2.05, 4.69) is 35.8 Å². The molecule has 0 aliphatic carbocycles. The Hall–Kier alpha value is -3.76. The first-order chi connectivity index (χ1) is 13.2. The van der Waals surface area contributed by atoms with Crippen LogP contribution in [0.4, 0.5) is 5.82 Å². The van der Waals surface area contributed by atoms with E-state index in [4.69, 9.17) is 10.5 Å². The van der Waals surface area contributed by atoms with E-state index in [1.54, 1.807) is 13.2 Å². The van der Waals surface area contributed by atoms with E-state index in [-0.39, 0.29) is 17.3 Å². The van der Waals surface area contributed by atoms with Gasteiger partial charge < -0.3 is 10.5 Å². The highest BCUT2D eigenvalue weighted by molar-refractivity contribution is 5.94. The van der Waals surface area contributed by atoms with Gasteiger partial charge >= 0.3 is 0 Å². The van der Waals surface area contributed by atoms with Gasteiger partial charge in [0.1, 0.15) is 5.75 Å². The van der Waals surface area contributed by atoms with Gasteiger partial charge in [0.05, 0.1) is 19.0 Å². The summed E-state index contributed by atoms with van der Waals surface area (Å²) >= 11 is 0. The number of anilines is 1. The van der Waals surface area contributed by atoms with Gasteiger partial charge in [-0.05, 0) is 28.9 Å². The van der Waals surface area contributed by atoms with Crippen molar-refractivity contribution in [2.24, 2.45) is 5.10 Å². The van der Waals surface area contributed by atoms with Crippen LogP contribution in [0, 0.1) is 0 Å². The van der Waals surface area contributed by atoms with Gasteiger partial charge in [0.25, 0.3) is 5.91 Å². The van der Waals surface area contributed by atoms with E-state index in [1.807, 2.05) is 25.1 Å². The molecule has 1 aromatic carbocycles. The summed E-state index contributed by atoms with van der Waals surface area (Å²) in [7, 11) is 1.56. The number of para-hydroxylation sites is 1. The standard InChI is InChI=1S/C16H18N8O3/c1-3-6-11-13(19-23-24(11)15-14(17)21-27-22-15)16(25)20-18-9-10-7-4-5-8-12(10)26-2/h4-5,7-9H,3,6H2,1-2H3,(H2,17,21)(H,20,25). The Morgan fingerprint density at radius 1 is 1.41 bits per heavy atom. The zero-order valence-corrected chi connectivity index (χ0v) is 14.8. The fourth-order valence-electron chi connectivity index (χ4n) is 2.43. The number of hydrogen-bond acceptors (Lipinski definition) is 9. The number of nitrogen functional groups attached to an aromatic ring is 1. The zero-order chi connectivity index (χ0) is 19.2. The van der Waals surface area contributed by atoms with Crippen LogP contribution in [0.15, 0.2) is 34.0 Å². The van der Waals surface area contributed by atoms with Crippen molar-refractivity contribution in [2.75, 3.05) is 12.8 Å². The van der Waals surface area contributed by atoms with Gasteiger partial charge in [0.2, 0.25) is 11.6 Å². The van der Waals surface area contributed by atoms with Crippen LogP contribution in [0.1, 0.15) is 35.1 Å². The molecule has 3 rings (SSSR count). The first kappa shape index (κ1) is 18.0. The molecule has 0 radical (unpaired) electrons. The molecule has 140 valence electrons. The highest BCUT2D eigenvalue weighted by atomic mass is 16.6. The number of nitrogens with zero attached hydrogens (tertiary/aromatic N) is 6. The summed E-state index contributed by atoms with van der Waals surface area (Å²) in [5.74, 6) is 0.369. The van der Waals surface area contributed by atoms with Crippen LogP contribution in [-0.2, 0) is 6.42 Å². The number of hydrogen-bond donors (Lipinski definition) is 2. The van der Waals surface area contributed by atoms with Crippen LogP contribution in [-0.4, -0.2) is 44.5 Å². The maximum absolute atomic E-state index is 12.5. The Balaban J connectivity index is 1.81. The molecule has 3 N–H and O–H groups in total. The number of amides is 1. The molecule has 0 atom stereocenters. The highest BCUT2D eigenvalue weighted by Gasteiger charge is 2.23. The zero-order valence-electron chi connectivity index (χ0n) is 14.8. The fraction of sp³-hybridized carbons (Fsp3) is 0.250. The molecular formula is C16H18N8O3. The number of methoxy groups -OCH3 is 1. The van der Waals surface area contributed by atoms with Crippen LogP contribution < -0.4 is 15.9 Å². The lowest BCUT2D eigenvalue weighted by atomic mass is 10.2. The molecule has 0 saturated carbocycles. The lowest BCUT2D eigenvalue weighted by Gasteiger charge is -2.04. The third-order valence-electron chi connectivity index (χ3n) is 3.67. The van der Waals surface area contributed by atoms with Crippen molar-refractivity contribution in [3.8, 4) is 11.6 Å². The van der Waals surface area contributed by atoms with Crippen LogP contribution in [0.25, 0.3) is 5.82 Å². The first-order valence-electron chi connectivity index (χ1n) is 8.15. The van der Waals surface area contributed by atoms with E-state index in [1.165, 1.54) is 10.9 Å². The Kier molecular flexibility index (Phi) is 5.40. The summed E-state index contributed by atoms with van der Waals surface area (Å²) in [4.78, 5) is 12.5. The van der Waals surface area contributed by atoms with Crippen molar-refractivity contribution in [2.45, 2.75) is 19.8 Å². The number of benzene rings is 1. The van der Waals surface area contributed by atoms with Crippen molar-refractivity contribution in [1.82, 2.24) is 30.7 Å². The minimum atomic E-state index is -0.508. The fourth-order valence-corrected chi connectivity index (χ4v) is 2.43. The van der Waals surface area contributed by atoms with Crippen molar-refractivity contribution in [1.29, 1.82) is 0 Å². The minimum Gasteiger partial charge on any atom is -0.496 e. The predicted molar refractivity (Wildman–Crippen MR) is 95.7 cm³/mol. The van der Waals surface area contributed by atoms with Gasteiger partial charge in [-0.15, -0.1) is 5.10 Å². The lowest BCUT2D eigenvalue weighted by Crippen LogP contribution is -2.20. The molecule has 0 aliphatic heterocycles. The predicted octanol–water partition coefficient (Wildman–Crippen LogP) is 0.957. The molecule has 0 fully saturated rings. The quantitative estimate of drug-likeness (QED) is 0.462. The van der Waals surface area contributed by atoms with Crippen molar-refractivity contribution in [3.63, 3.8) is 0 Å². The molecule has 1 amide bonds. The number of ether oxygens (including phenoxy) is 1. The second kappa shape index (κ2) is 8.08. The number of carbonyl (C=O) groups excluding carboxylic acids is 1. The molecule has 2 aromatic heterocycles. The Morgan fingerprint density at radius 2 is 2.22 bits per heavy atom. The topological polar surface area (TPSA) is 146 Å². The van der Waals surface area contributed by atoms with Gasteiger partial charge in [0, 0.05) is 5.56 Å². The number of carbonyl (C=O) groups is 1. The van der Waals surface area contributed by atoms with Gasteiger partial charge in [-0.25, -0.2) is 10.1 Å². The molecule has 0 unspecified atom stereocenters. The minimum absolute atomic E-state index is 0.0541. The van der Waals surface area contributed by atoms with Crippen LogP contribution in [0.5, 0.6) is 5.75 Å². The molecule has 3 aromatic rings. The van der Waals surface area contributed by atoms with E-state index in [0.717, 1.165) is 12.0 Å². The maximum atomic E-state index is 12.5. The van der Waals surface area contributed by atoms with Gasteiger partial charge in [-0.1, -0.05) is 30.7 Å². The highest BCUT2D eigenvalue weighted by Crippen LogP contribution is 2.17. The second-order valence-corrected chi connectivity index (χ2v) is 5.46. The summed E-state index contributed by atoms with van der Waals surface area (Å²) < 4.78 is 11.2. The van der Waals surface area contributed by atoms with Crippen molar-refractivity contribution in [3.05, 3.63) is 41.2 Å². The number of hydrazone groups is 1. The Morgan fingerprint density at radius 3 is 2.93 bits per heavy atom. The Bertz CT molecular complexity index is 962. The van der Waals surface area contributed by atoms with Gasteiger partial charge in [-0.3, -0.25) is 4.79 Å². The monoisotopic (exact) mass is 370 g/mol. The maximum Gasteiger partial charge on any atom is 0.293 e. The molecule has 11 nitrogen and oxygen atoms in total. The molecule has 27 heavy (non-hydrogen) atoms. The van der Waals surface area contributed by atoms with Gasteiger partial charge in [-0.2, -0.15) is 9.78 Å². The third kappa shape index (κ3) is 3.76. The van der Waals surface area contributed by atoms with E-state index >= 15 is 0 Å². The van der Waals surface area contributed by atoms with E-state index in [0.29, 0.717) is 17.9 Å². The van der Waals surface area contributed by atoms with Crippen molar-refractivity contribution >= 4 is 17.9 Å². The summed E-state index contributed by atoms with van der Waals surface area (Å²) in [5, 5.41) is 19.0. The lowest BCUT2D eigenvalue weighted by molar-refractivity contribution is 0.0949. The van der Waals surface area contributed by atoms with Crippen LogP contribution >= 0.6 is 0 Å². The average Bonchev–Trinajstić information content (AvgIpc) is 3.28.